The molecule has 1 aliphatic rings. The first-order valence-electron chi connectivity index (χ1n) is 8.54. The number of guanidine groups is 1. The number of hydrogen-bond donors (Lipinski definition) is 2. The fourth-order valence-electron chi connectivity index (χ4n) is 2.96. The van der Waals surface area contributed by atoms with E-state index in [1.165, 1.54) is 17.2 Å². The molecule has 2 heterocycles. The molecule has 2 N–H and O–H groups in total. The van der Waals surface area contributed by atoms with Gasteiger partial charge in [-0.1, -0.05) is 29.8 Å². The summed E-state index contributed by atoms with van der Waals surface area (Å²) in [6.07, 6.45) is 2.54. The average Bonchev–Trinajstić information content (AvgIpc) is 3.08. The highest BCUT2D eigenvalue weighted by atomic mass is 127. The Labute approximate surface area is 171 Å². The van der Waals surface area contributed by atoms with Crippen LogP contribution >= 0.6 is 24.0 Å². The maximum atomic E-state index is 13.9. The highest BCUT2D eigenvalue weighted by molar-refractivity contribution is 14.0. The summed E-state index contributed by atoms with van der Waals surface area (Å²) in [5.74, 6) is 0.911. The number of hydrogen-bond acceptors (Lipinski definition) is 3. The second-order valence-corrected chi connectivity index (χ2v) is 6.30. The first-order chi connectivity index (χ1) is 12.2. The van der Waals surface area contributed by atoms with E-state index in [0.717, 1.165) is 18.9 Å². The van der Waals surface area contributed by atoms with Gasteiger partial charge in [-0.05, 0) is 31.0 Å². The third-order valence-corrected chi connectivity index (χ3v) is 4.37. The van der Waals surface area contributed by atoms with Crippen LogP contribution in [0.1, 0.15) is 17.5 Å². The molecule has 1 aromatic carbocycles. The maximum Gasteiger partial charge on any atom is 0.191 e. The highest BCUT2D eigenvalue weighted by Crippen LogP contribution is 2.20. The van der Waals surface area contributed by atoms with Crippen molar-refractivity contribution in [2.24, 2.45) is 4.99 Å². The number of aryl methyl sites for hydroxylation is 1. The summed E-state index contributed by atoms with van der Waals surface area (Å²) < 4.78 is 13.9. The van der Waals surface area contributed by atoms with Crippen LogP contribution in [-0.4, -0.2) is 37.1 Å². The van der Waals surface area contributed by atoms with E-state index >= 15 is 0 Å². The molecule has 26 heavy (non-hydrogen) atoms. The molecule has 0 amide bonds. The zero-order chi connectivity index (χ0) is 17.6. The number of pyridine rings is 1. The van der Waals surface area contributed by atoms with Crippen LogP contribution in [-0.2, 0) is 6.54 Å². The van der Waals surface area contributed by atoms with E-state index in [9.17, 15) is 4.39 Å². The average molecular weight is 469 g/mol. The molecular weight excluding hydrogens is 444 g/mol. The van der Waals surface area contributed by atoms with E-state index in [1.54, 1.807) is 19.3 Å². The zero-order valence-corrected chi connectivity index (χ0v) is 17.4. The van der Waals surface area contributed by atoms with E-state index in [2.05, 4.69) is 51.8 Å². The lowest BCUT2D eigenvalue weighted by Gasteiger charge is -2.20. The van der Waals surface area contributed by atoms with Crippen molar-refractivity contribution in [1.29, 1.82) is 0 Å². The monoisotopic (exact) mass is 469 g/mol. The van der Waals surface area contributed by atoms with Crippen molar-refractivity contribution in [3.05, 3.63) is 59.5 Å². The minimum atomic E-state index is -0.273. The number of nitrogens with one attached hydrogen (secondary N) is 2. The Bertz CT molecular complexity index is 735. The van der Waals surface area contributed by atoms with Crippen LogP contribution in [0.5, 0.6) is 0 Å². The Kier molecular flexibility index (Phi) is 7.62. The highest BCUT2D eigenvalue weighted by Gasteiger charge is 2.25. The fraction of sp³-hybridized carbons (Fsp3) is 0.368. The van der Waals surface area contributed by atoms with Crippen molar-refractivity contribution in [1.82, 2.24) is 15.6 Å². The van der Waals surface area contributed by atoms with Crippen molar-refractivity contribution in [3.63, 3.8) is 0 Å². The molecular formula is C19H25FIN5. The van der Waals surface area contributed by atoms with Gasteiger partial charge in [-0.25, -0.2) is 9.37 Å². The summed E-state index contributed by atoms with van der Waals surface area (Å²) >= 11 is 0. The van der Waals surface area contributed by atoms with Crippen LogP contribution in [0.15, 0.2) is 47.6 Å². The molecule has 1 fully saturated rings. The standard InChI is InChI=1S/C19H24FN5.HI/c1-14-5-7-15(8-6-14)12-23-19(21-2)24-16-9-11-25(13-16)18-17(20)4-3-10-22-18;/h3-8,10,16H,9,11-13H2,1-2H3,(H2,21,23,24);1H. The van der Waals surface area contributed by atoms with Gasteiger partial charge in [0.15, 0.2) is 17.6 Å². The Morgan fingerprint density at radius 1 is 1.31 bits per heavy atom. The molecule has 5 nitrogen and oxygen atoms in total. The van der Waals surface area contributed by atoms with Gasteiger partial charge in [0, 0.05) is 38.9 Å². The van der Waals surface area contributed by atoms with Gasteiger partial charge < -0.3 is 15.5 Å². The normalized spacial score (nSPS) is 17.0. The summed E-state index contributed by atoms with van der Waals surface area (Å²) in [6.45, 7) is 4.28. The first kappa shape index (κ1) is 20.4. The number of benzene rings is 1. The fourth-order valence-corrected chi connectivity index (χ4v) is 2.96. The number of aliphatic imine (C=N–C) groups is 1. The van der Waals surface area contributed by atoms with Gasteiger partial charge >= 0.3 is 0 Å². The largest absolute Gasteiger partial charge is 0.352 e. The summed E-state index contributed by atoms with van der Waals surface area (Å²) in [7, 11) is 1.76. The van der Waals surface area contributed by atoms with Gasteiger partial charge in [0.2, 0.25) is 0 Å². The molecule has 0 spiro atoms. The maximum absolute atomic E-state index is 13.9. The lowest BCUT2D eigenvalue weighted by Crippen LogP contribution is -2.44. The molecule has 1 saturated heterocycles. The predicted octanol–water partition coefficient (Wildman–Crippen LogP) is 3.09. The van der Waals surface area contributed by atoms with E-state index in [-0.39, 0.29) is 35.8 Å². The van der Waals surface area contributed by atoms with Crippen molar-refractivity contribution in [2.45, 2.75) is 25.9 Å². The summed E-state index contributed by atoms with van der Waals surface area (Å²) in [4.78, 5) is 10.4. The van der Waals surface area contributed by atoms with Gasteiger partial charge in [0.1, 0.15) is 0 Å². The van der Waals surface area contributed by atoms with Crippen molar-refractivity contribution in [3.8, 4) is 0 Å². The predicted molar refractivity (Wildman–Crippen MR) is 115 cm³/mol. The van der Waals surface area contributed by atoms with Gasteiger partial charge in [-0.2, -0.15) is 0 Å². The van der Waals surface area contributed by atoms with Crippen molar-refractivity contribution >= 4 is 35.8 Å². The molecule has 1 aromatic heterocycles. The third-order valence-electron chi connectivity index (χ3n) is 4.37. The van der Waals surface area contributed by atoms with Crippen LogP contribution < -0.4 is 15.5 Å². The Morgan fingerprint density at radius 2 is 2.08 bits per heavy atom. The number of rotatable bonds is 4. The molecule has 0 radical (unpaired) electrons. The van der Waals surface area contributed by atoms with Crippen LogP contribution in [0.3, 0.4) is 0 Å². The number of aromatic nitrogens is 1. The van der Waals surface area contributed by atoms with Crippen LogP contribution in [0.25, 0.3) is 0 Å². The Morgan fingerprint density at radius 3 is 2.77 bits per heavy atom. The SMILES string of the molecule is CN=C(NCc1ccc(C)cc1)NC1CCN(c2ncccc2F)C1.I. The van der Waals surface area contributed by atoms with Gasteiger partial charge in [0.05, 0.1) is 0 Å². The molecule has 7 heteroatoms. The minimum Gasteiger partial charge on any atom is -0.352 e. The molecule has 140 valence electrons. The second kappa shape index (κ2) is 9.70. The molecule has 0 bridgehead atoms. The van der Waals surface area contributed by atoms with E-state index in [0.29, 0.717) is 18.9 Å². The quantitative estimate of drug-likeness (QED) is 0.411. The summed E-state index contributed by atoms with van der Waals surface area (Å²) in [5.41, 5.74) is 2.45. The van der Waals surface area contributed by atoms with Gasteiger partial charge in [0.25, 0.3) is 0 Å². The first-order valence-corrected chi connectivity index (χ1v) is 8.54. The lowest BCUT2D eigenvalue weighted by molar-refractivity contribution is 0.612. The molecule has 1 aliphatic heterocycles. The van der Waals surface area contributed by atoms with Crippen LogP contribution in [0.2, 0.25) is 0 Å². The number of anilines is 1. The van der Waals surface area contributed by atoms with Crippen molar-refractivity contribution in [2.75, 3.05) is 25.0 Å². The molecule has 1 atom stereocenters. The molecule has 3 rings (SSSR count). The van der Waals surface area contributed by atoms with Crippen molar-refractivity contribution < 1.29 is 4.39 Å². The van der Waals surface area contributed by atoms with E-state index in [4.69, 9.17) is 0 Å². The van der Waals surface area contributed by atoms with E-state index < -0.39 is 0 Å². The summed E-state index contributed by atoms with van der Waals surface area (Å²) in [6, 6.07) is 11.7. The Balaban J connectivity index is 0.00000243. The summed E-state index contributed by atoms with van der Waals surface area (Å²) in [5, 5.41) is 6.74. The Hall–Kier alpha value is -1.90. The lowest BCUT2D eigenvalue weighted by atomic mass is 10.1. The number of nitrogens with zero attached hydrogens (tertiary/aromatic N) is 3. The second-order valence-electron chi connectivity index (χ2n) is 6.30. The topological polar surface area (TPSA) is 52.6 Å². The molecule has 0 aliphatic carbocycles. The number of halogens is 2. The smallest absolute Gasteiger partial charge is 0.191 e. The van der Waals surface area contributed by atoms with Gasteiger partial charge in [-0.3, -0.25) is 4.99 Å². The third kappa shape index (κ3) is 5.30. The van der Waals surface area contributed by atoms with E-state index in [1.807, 2.05) is 4.90 Å². The van der Waals surface area contributed by atoms with Crippen LogP contribution in [0.4, 0.5) is 10.2 Å². The molecule has 2 aromatic rings. The molecule has 1 unspecified atom stereocenters. The van der Waals surface area contributed by atoms with Gasteiger partial charge in [-0.15, -0.1) is 24.0 Å². The molecule has 0 saturated carbocycles. The zero-order valence-electron chi connectivity index (χ0n) is 15.1. The minimum absolute atomic E-state index is 0. The van der Waals surface area contributed by atoms with Crippen LogP contribution in [0, 0.1) is 12.7 Å².